The number of carboxylic acid groups (broad SMARTS) is 1. The van der Waals surface area contributed by atoms with Crippen LogP contribution >= 0.6 is 11.8 Å². The molecule has 1 aromatic rings. The summed E-state index contributed by atoms with van der Waals surface area (Å²) in [5.74, 6) is 3.59. The summed E-state index contributed by atoms with van der Waals surface area (Å²) >= 11 is 1.71. The van der Waals surface area contributed by atoms with Gasteiger partial charge >= 0.3 is 5.97 Å². The molecule has 4 saturated carbocycles. The van der Waals surface area contributed by atoms with Gasteiger partial charge in [0.05, 0.1) is 6.42 Å². The first-order valence-electron chi connectivity index (χ1n) is 13.5. The predicted octanol–water partition coefficient (Wildman–Crippen LogP) is 7.96. The molecule has 188 valence electrons. The number of fused-ring (bicyclic) bond motifs is 4. The van der Waals surface area contributed by atoms with Crippen molar-refractivity contribution in [2.75, 3.05) is 5.75 Å². The largest absolute Gasteiger partial charge is 0.507 e. The maximum Gasteiger partial charge on any atom is 0.304 e. The molecule has 5 rings (SSSR count). The molecule has 34 heavy (non-hydrogen) atoms. The van der Waals surface area contributed by atoms with Crippen molar-refractivity contribution in [2.24, 2.45) is 33.5 Å². The number of benzene rings is 1. The number of carboxylic acids is 1. The highest BCUT2D eigenvalue weighted by atomic mass is 32.2. The third-order valence-electron chi connectivity index (χ3n) is 12.3. The Morgan fingerprint density at radius 3 is 1.74 bits per heavy atom. The second-order valence-electron chi connectivity index (χ2n) is 13.6. The van der Waals surface area contributed by atoms with Crippen LogP contribution in [0.5, 0.6) is 5.75 Å². The molecule has 0 amide bonds. The third-order valence-corrected chi connectivity index (χ3v) is 13.3. The Labute approximate surface area is 210 Å². The summed E-state index contributed by atoms with van der Waals surface area (Å²) in [5, 5.41) is 21.0. The number of aliphatic carboxylic acids is 1. The molecule has 2 N–H and O–H groups in total. The van der Waals surface area contributed by atoms with Crippen molar-refractivity contribution < 1.29 is 15.0 Å². The molecule has 3 nitrogen and oxygen atoms in total. The van der Waals surface area contributed by atoms with Gasteiger partial charge in [0.15, 0.2) is 0 Å². The number of hydrogen-bond acceptors (Lipinski definition) is 3. The van der Waals surface area contributed by atoms with E-state index in [9.17, 15) is 9.90 Å². The maximum atomic E-state index is 11.9. The number of phenols is 1. The molecule has 0 saturated heterocycles. The fourth-order valence-corrected chi connectivity index (χ4v) is 9.92. The Balaban J connectivity index is 1.55. The van der Waals surface area contributed by atoms with Crippen LogP contribution in [0.3, 0.4) is 0 Å². The molecule has 4 aliphatic rings. The zero-order chi connectivity index (χ0) is 24.7. The number of thioether (sulfide) groups is 1. The van der Waals surface area contributed by atoms with E-state index in [0.717, 1.165) is 17.6 Å². The van der Waals surface area contributed by atoms with E-state index in [-0.39, 0.29) is 17.3 Å². The second-order valence-corrected chi connectivity index (χ2v) is 14.8. The van der Waals surface area contributed by atoms with E-state index in [1.54, 1.807) is 11.8 Å². The molecular weight excluding hydrogens is 440 g/mol. The lowest BCUT2D eigenvalue weighted by molar-refractivity contribution is -0.136. The summed E-state index contributed by atoms with van der Waals surface area (Å²) in [6.07, 6.45) is 7.69. The highest BCUT2D eigenvalue weighted by Crippen LogP contribution is 2.74. The summed E-state index contributed by atoms with van der Waals surface area (Å²) in [4.78, 5) is 11.0. The zero-order valence-electron chi connectivity index (χ0n) is 22.0. The molecule has 0 aromatic heterocycles. The quantitative estimate of drug-likeness (QED) is 0.385. The van der Waals surface area contributed by atoms with Crippen molar-refractivity contribution in [3.63, 3.8) is 0 Å². The molecule has 0 aliphatic heterocycles. The van der Waals surface area contributed by atoms with Crippen LogP contribution in [0.15, 0.2) is 12.1 Å². The van der Waals surface area contributed by atoms with Gasteiger partial charge in [-0.05, 0) is 101 Å². The average molecular weight is 485 g/mol. The van der Waals surface area contributed by atoms with Crippen LogP contribution in [0.2, 0.25) is 0 Å². The van der Waals surface area contributed by atoms with E-state index in [1.165, 1.54) is 55.2 Å². The molecule has 0 spiro atoms. The van der Waals surface area contributed by atoms with Crippen molar-refractivity contribution >= 4 is 17.7 Å². The van der Waals surface area contributed by atoms with Crippen LogP contribution in [0, 0.1) is 33.5 Å². The van der Waals surface area contributed by atoms with Crippen LogP contribution in [0.25, 0.3) is 0 Å². The minimum atomic E-state index is -0.728. The van der Waals surface area contributed by atoms with Gasteiger partial charge in [-0.3, -0.25) is 4.79 Å². The van der Waals surface area contributed by atoms with Crippen LogP contribution < -0.4 is 0 Å². The van der Waals surface area contributed by atoms with E-state index < -0.39 is 5.97 Å². The molecule has 6 atom stereocenters. The van der Waals surface area contributed by atoms with Gasteiger partial charge < -0.3 is 10.2 Å². The van der Waals surface area contributed by atoms with E-state index in [1.807, 2.05) is 0 Å². The molecule has 0 heterocycles. The number of rotatable bonds is 7. The van der Waals surface area contributed by atoms with E-state index in [0.29, 0.717) is 34.2 Å². The van der Waals surface area contributed by atoms with Crippen LogP contribution in [0.4, 0.5) is 0 Å². The molecule has 4 bridgehead atoms. The lowest BCUT2D eigenvalue weighted by Crippen LogP contribution is -2.32. The molecule has 4 heteroatoms. The van der Waals surface area contributed by atoms with Crippen LogP contribution in [-0.4, -0.2) is 21.9 Å². The van der Waals surface area contributed by atoms with Gasteiger partial charge in [0.2, 0.25) is 0 Å². The molecular formula is C30H44O3S. The Morgan fingerprint density at radius 1 is 0.912 bits per heavy atom. The third kappa shape index (κ3) is 3.26. The lowest BCUT2D eigenvalue weighted by atomic mass is 9.63. The standard InChI is InChI=1S/C30H44O3S/c1-27(2)19-7-10-29(27,5)23(15-19)21-13-18(17-34-12-9-25(31)32)14-22(26(21)33)24-16-20-8-11-30(24,6)28(20,3)4/h13-14,19-20,23-24,33H,7-12,15-17H2,1-6H3,(H,31,32). The molecule has 0 radical (unpaired) electrons. The SMILES string of the molecule is CC1(C)C2CCC1(C)C(c1cc(CSCCC(=O)O)cc(C3CC4CCC3(C)C4(C)C)c1O)C2. The molecule has 6 unspecified atom stereocenters. The van der Waals surface area contributed by atoms with Gasteiger partial charge in [0.25, 0.3) is 0 Å². The van der Waals surface area contributed by atoms with Crippen molar-refractivity contribution in [1.82, 2.24) is 0 Å². The Hall–Kier alpha value is -1.16. The Morgan fingerprint density at radius 2 is 1.38 bits per heavy atom. The zero-order valence-corrected chi connectivity index (χ0v) is 22.9. The van der Waals surface area contributed by atoms with Crippen molar-refractivity contribution in [1.29, 1.82) is 0 Å². The number of carbonyl (C=O) groups is 1. The van der Waals surface area contributed by atoms with Crippen LogP contribution in [0.1, 0.15) is 115 Å². The number of phenolic OH excluding ortho intramolecular Hbond substituents is 1. The second kappa shape index (κ2) is 7.92. The first-order chi connectivity index (χ1) is 15.8. The number of hydrogen-bond donors (Lipinski definition) is 2. The van der Waals surface area contributed by atoms with Gasteiger partial charge in [-0.25, -0.2) is 0 Å². The van der Waals surface area contributed by atoms with Gasteiger partial charge in [-0.2, -0.15) is 11.8 Å². The normalized spacial score (nSPS) is 39.1. The Bertz CT molecular complexity index is 932. The predicted molar refractivity (Wildman–Crippen MR) is 140 cm³/mol. The van der Waals surface area contributed by atoms with Gasteiger partial charge in [-0.1, -0.05) is 53.7 Å². The monoisotopic (exact) mass is 484 g/mol. The average Bonchev–Trinajstić information content (AvgIpc) is 3.29. The topological polar surface area (TPSA) is 57.5 Å². The smallest absolute Gasteiger partial charge is 0.304 e. The minimum absolute atomic E-state index is 0.204. The van der Waals surface area contributed by atoms with Crippen molar-refractivity contribution in [3.8, 4) is 5.75 Å². The molecule has 4 aliphatic carbocycles. The van der Waals surface area contributed by atoms with E-state index >= 15 is 0 Å². The van der Waals surface area contributed by atoms with Gasteiger partial charge in [0.1, 0.15) is 5.75 Å². The first kappa shape index (κ1) is 24.5. The lowest BCUT2D eigenvalue weighted by Gasteiger charge is -2.42. The van der Waals surface area contributed by atoms with Crippen molar-refractivity contribution in [3.05, 3.63) is 28.8 Å². The first-order valence-corrected chi connectivity index (χ1v) is 14.6. The summed E-state index contributed by atoms with van der Waals surface area (Å²) < 4.78 is 0. The minimum Gasteiger partial charge on any atom is -0.507 e. The van der Waals surface area contributed by atoms with Gasteiger partial charge in [-0.15, -0.1) is 0 Å². The fourth-order valence-electron chi connectivity index (χ4n) is 9.06. The summed E-state index contributed by atoms with van der Waals surface area (Å²) in [6.45, 7) is 14.8. The highest BCUT2D eigenvalue weighted by Gasteiger charge is 2.63. The number of aromatic hydroxyl groups is 1. The van der Waals surface area contributed by atoms with E-state index in [2.05, 4.69) is 53.7 Å². The maximum absolute atomic E-state index is 11.9. The fraction of sp³-hybridized carbons (Fsp3) is 0.767. The summed E-state index contributed by atoms with van der Waals surface area (Å²) in [7, 11) is 0. The van der Waals surface area contributed by atoms with Crippen LogP contribution in [-0.2, 0) is 10.5 Å². The molecule has 1 aromatic carbocycles. The van der Waals surface area contributed by atoms with Crippen molar-refractivity contribution in [2.45, 2.75) is 104 Å². The highest BCUT2D eigenvalue weighted by molar-refractivity contribution is 7.98. The summed E-state index contributed by atoms with van der Waals surface area (Å²) in [5.41, 5.74) is 4.69. The van der Waals surface area contributed by atoms with E-state index in [4.69, 9.17) is 5.11 Å². The van der Waals surface area contributed by atoms with Gasteiger partial charge in [0, 0.05) is 11.5 Å². The summed E-state index contributed by atoms with van der Waals surface area (Å²) in [6, 6.07) is 4.58. The molecule has 4 fully saturated rings. The Kier molecular flexibility index (Phi) is 5.71.